The third-order valence-corrected chi connectivity index (χ3v) is 4.76. The fourth-order valence-corrected chi connectivity index (χ4v) is 3.07. The van der Waals surface area contributed by atoms with Crippen LogP contribution >= 0.6 is 0 Å². The Bertz CT molecular complexity index is 1310. The van der Waals surface area contributed by atoms with Gasteiger partial charge in [-0.1, -0.05) is 36.3 Å². The topological polar surface area (TPSA) is 108 Å². The molecule has 3 heterocycles. The van der Waals surface area contributed by atoms with Crippen molar-refractivity contribution in [1.82, 2.24) is 15.1 Å². The molecule has 0 aliphatic rings. The number of hydrogen-bond acceptors (Lipinski definition) is 8. The molecule has 1 aromatic carbocycles. The Hall–Kier alpha value is -3.81. The van der Waals surface area contributed by atoms with Gasteiger partial charge < -0.3 is 13.7 Å². The Morgan fingerprint density at radius 2 is 1.97 bits per heavy atom. The van der Waals surface area contributed by atoms with Crippen LogP contribution in [-0.2, 0) is 16.1 Å². The van der Waals surface area contributed by atoms with Gasteiger partial charge in [0.2, 0.25) is 5.82 Å². The highest BCUT2D eigenvalue weighted by Crippen LogP contribution is 2.27. The van der Waals surface area contributed by atoms with Gasteiger partial charge in [-0.05, 0) is 25.5 Å². The van der Waals surface area contributed by atoms with Crippen LogP contribution in [0.1, 0.15) is 30.2 Å². The summed E-state index contributed by atoms with van der Waals surface area (Å²) in [6.45, 7) is 5.40. The molecule has 4 aromatic rings. The van der Waals surface area contributed by atoms with Crippen LogP contribution in [0.5, 0.6) is 0 Å². The van der Waals surface area contributed by atoms with Crippen LogP contribution in [0, 0.1) is 13.8 Å². The van der Waals surface area contributed by atoms with Crippen molar-refractivity contribution >= 4 is 16.9 Å². The van der Waals surface area contributed by atoms with Gasteiger partial charge in [-0.25, -0.2) is 4.79 Å². The van der Waals surface area contributed by atoms with Gasteiger partial charge in [0.15, 0.2) is 5.58 Å². The average Bonchev–Trinajstić information content (AvgIpc) is 3.23. The maximum Gasteiger partial charge on any atom is 0.349 e. The van der Waals surface area contributed by atoms with Crippen molar-refractivity contribution in [2.24, 2.45) is 0 Å². The Kier molecular flexibility index (Phi) is 5.14. The van der Waals surface area contributed by atoms with Gasteiger partial charge in [-0.15, -0.1) is 0 Å². The Morgan fingerprint density at radius 1 is 1.17 bits per heavy atom. The van der Waals surface area contributed by atoms with Gasteiger partial charge in [-0.2, -0.15) is 4.98 Å². The molecule has 8 heteroatoms. The molecule has 3 aromatic heterocycles. The van der Waals surface area contributed by atoms with Gasteiger partial charge in [0.1, 0.15) is 12.2 Å². The minimum Gasteiger partial charge on any atom is -0.461 e. The highest BCUT2D eigenvalue weighted by Gasteiger charge is 2.19. The molecule has 0 saturated carbocycles. The summed E-state index contributed by atoms with van der Waals surface area (Å²) >= 11 is 0. The predicted octanol–water partition coefficient (Wildman–Crippen LogP) is 3.98. The van der Waals surface area contributed by atoms with Crippen molar-refractivity contribution in [2.45, 2.75) is 33.8 Å². The lowest BCUT2D eigenvalue weighted by Crippen LogP contribution is -2.07. The molecule has 0 spiro atoms. The number of carbonyl (C=O) groups is 1. The van der Waals surface area contributed by atoms with E-state index < -0.39 is 5.63 Å². The fourth-order valence-electron chi connectivity index (χ4n) is 3.07. The van der Waals surface area contributed by atoms with Crippen molar-refractivity contribution in [3.05, 3.63) is 63.8 Å². The number of ether oxygens (including phenoxy) is 1. The molecule has 8 nitrogen and oxygen atoms in total. The standard InChI is InChI=1S/C22H19N3O5/c1-4-18(26)28-11-14-10-23-13(3)19-16(14)9-17(22(27)29-19)21-24-20(25-30-21)15-8-6-5-7-12(15)2/h5-10H,4,11H2,1-3H3. The van der Waals surface area contributed by atoms with E-state index in [2.05, 4.69) is 15.1 Å². The number of aryl methyl sites for hydroxylation is 2. The fraction of sp³-hybridized carbons (Fsp3) is 0.227. The molecule has 30 heavy (non-hydrogen) atoms. The monoisotopic (exact) mass is 405 g/mol. The summed E-state index contributed by atoms with van der Waals surface area (Å²) in [6, 6.07) is 9.22. The highest BCUT2D eigenvalue weighted by atomic mass is 16.5. The predicted molar refractivity (Wildman–Crippen MR) is 109 cm³/mol. The number of benzene rings is 1. The van der Waals surface area contributed by atoms with Gasteiger partial charge >= 0.3 is 11.6 Å². The van der Waals surface area contributed by atoms with Crippen LogP contribution < -0.4 is 5.63 Å². The normalized spacial score (nSPS) is 11.0. The summed E-state index contributed by atoms with van der Waals surface area (Å²) in [4.78, 5) is 32.8. The first-order valence-corrected chi connectivity index (χ1v) is 9.46. The maximum absolute atomic E-state index is 12.6. The second kappa shape index (κ2) is 7.90. The summed E-state index contributed by atoms with van der Waals surface area (Å²) in [5.41, 5.74) is 2.79. The van der Waals surface area contributed by atoms with E-state index >= 15 is 0 Å². The van der Waals surface area contributed by atoms with Gasteiger partial charge in [0.25, 0.3) is 5.89 Å². The van der Waals surface area contributed by atoms with Crippen molar-refractivity contribution in [1.29, 1.82) is 0 Å². The molecule has 0 N–H and O–H groups in total. The Labute approximate surface area is 171 Å². The summed E-state index contributed by atoms with van der Waals surface area (Å²) < 4.78 is 16.1. The maximum atomic E-state index is 12.6. The number of fused-ring (bicyclic) bond motifs is 1. The zero-order valence-electron chi connectivity index (χ0n) is 16.8. The van der Waals surface area contributed by atoms with Crippen molar-refractivity contribution in [2.75, 3.05) is 0 Å². The highest BCUT2D eigenvalue weighted by molar-refractivity contribution is 5.85. The van der Waals surface area contributed by atoms with E-state index in [1.54, 1.807) is 26.1 Å². The molecule has 0 unspecified atom stereocenters. The Balaban J connectivity index is 1.80. The molecular weight excluding hydrogens is 386 g/mol. The van der Waals surface area contributed by atoms with Crippen LogP contribution in [-0.4, -0.2) is 21.1 Å². The van der Waals surface area contributed by atoms with E-state index in [1.165, 1.54) is 0 Å². The molecule has 0 bridgehead atoms. The average molecular weight is 405 g/mol. The number of pyridine rings is 1. The van der Waals surface area contributed by atoms with E-state index in [0.29, 0.717) is 28.1 Å². The number of carbonyl (C=O) groups excluding carboxylic acids is 1. The zero-order chi connectivity index (χ0) is 21.3. The van der Waals surface area contributed by atoms with Crippen LogP contribution in [0.2, 0.25) is 0 Å². The summed E-state index contributed by atoms with van der Waals surface area (Å²) in [6.07, 6.45) is 1.86. The summed E-state index contributed by atoms with van der Waals surface area (Å²) in [5.74, 6) is 0.0987. The van der Waals surface area contributed by atoms with Crippen LogP contribution in [0.15, 0.2) is 50.3 Å². The van der Waals surface area contributed by atoms with Crippen LogP contribution in [0.3, 0.4) is 0 Å². The lowest BCUT2D eigenvalue weighted by molar-refractivity contribution is -0.144. The van der Waals surface area contributed by atoms with Crippen molar-refractivity contribution in [3.63, 3.8) is 0 Å². The molecular formula is C22H19N3O5. The minimum atomic E-state index is -0.616. The Morgan fingerprint density at radius 3 is 2.73 bits per heavy atom. The lowest BCUT2D eigenvalue weighted by atomic mass is 10.1. The van der Waals surface area contributed by atoms with E-state index in [1.807, 2.05) is 31.2 Å². The molecule has 0 saturated heterocycles. The lowest BCUT2D eigenvalue weighted by Gasteiger charge is -2.08. The van der Waals surface area contributed by atoms with Gasteiger partial charge in [0, 0.05) is 29.1 Å². The zero-order valence-corrected chi connectivity index (χ0v) is 16.8. The number of aromatic nitrogens is 3. The SMILES string of the molecule is CCC(=O)OCc1cnc(C)c2oc(=O)c(-c3nc(-c4ccccc4C)no3)cc12. The molecule has 4 rings (SSSR count). The molecule has 0 aliphatic heterocycles. The minimum absolute atomic E-state index is 0.0158. The van der Waals surface area contributed by atoms with Crippen molar-refractivity contribution in [3.8, 4) is 22.8 Å². The van der Waals surface area contributed by atoms with Crippen molar-refractivity contribution < 1.29 is 18.5 Å². The molecule has 0 radical (unpaired) electrons. The second-order valence-corrected chi connectivity index (χ2v) is 6.81. The first-order valence-electron chi connectivity index (χ1n) is 9.46. The van der Waals surface area contributed by atoms with Crippen LogP contribution in [0.25, 0.3) is 33.8 Å². The molecule has 152 valence electrons. The molecule has 0 amide bonds. The quantitative estimate of drug-likeness (QED) is 0.459. The van der Waals surface area contributed by atoms with Gasteiger partial charge in [-0.3, -0.25) is 9.78 Å². The number of rotatable bonds is 5. The first kappa shape index (κ1) is 19.5. The van der Waals surface area contributed by atoms with E-state index in [0.717, 1.165) is 11.1 Å². The number of esters is 1. The molecule has 0 aliphatic carbocycles. The summed E-state index contributed by atoms with van der Waals surface area (Å²) in [7, 11) is 0. The molecule has 0 atom stereocenters. The number of hydrogen-bond donors (Lipinski definition) is 0. The third-order valence-electron chi connectivity index (χ3n) is 4.76. The van der Waals surface area contributed by atoms with E-state index in [9.17, 15) is 9.59 Å². The number of nitrogens with zero attached hydrogens (tertiary/aromatic N) is 3. The molecule has 0 fully saturated rings. The van der Waals surface area contributed by atoms with E-state index in [4.69, 9.17) is 13.7 Å². The largest absolute Gasteiger partial charge is 0.461 e. The third kappa shape index (κ3) is 3.59. The van der Waals surface area contributed by atoms with E-state index in [-0.39, 0.29) is 30.5 Å². The second-order valence-electron chi connectivity index (χ2n) is 6.81. The van der Waals surface area contributed by atoms with Crippen LogP contribution in [0.4, 0.5) is 0 Å². The smallest absolute Gasteiger partial charge is 0.349 e. The first-order chi connectivity index (χ1) is 14.5. The van der Waals surface area contributed by atoms with Gasteiger partial charge in [0.05, 0.1) is 5.69 Å². The summed E-state index contributed by atoms with van der Waals surface area (Å²) in [5, 5.41) is 4.60.